The molecule has 0 unspecified atom stereocenters. The second kappa shape index (κ2) is 4.63. The summed E-state index contributed by atoms with van der Waals surface area (Å²) >= 11 is 4.68. The Labute approximate surface area is 87.2 Å². The minimum Gasteiger partial charge on any atom is -0.392 e. The molecule has 0 saturated carbocycles. The van der Waals surface area contributed by atoms with E-state index in [1.807, 2.05) is 0 Å². The molecule has 0 bridgehead atoms. The predicted octanol–water partition coefficient (Wildman–Crippen LogP) is 1.02. The van der Waals surface area contributed by atoms with Crippen LogP contribution in [0, 0.1) is 5.41 Å². The number of amides is 1. The topological polar surface area (TPSA) is 46.3 Å². The number of hydrogen-bond donors (Lipinski definition) is 1. The molecule has 0 heterocycles. The highest BCUT2D eigenvalue weighted by atomic mass is 32.1. The van der Waals surface area contributed by atoms with E-state index in [4.69, 9.17) is 5.73 Å². The molecule has 0 radical (unpaired) electrons. The molecule has 0 saturated heterocycles. The molecule has 0 spiro atoms. The third-order valence-corrected chi connectivity index (χ3v) is 2.42. The lowest BCUT2D eigenvalue weighted by Crippen LogP contribution is -2.46. The van der Waals surface area contributed by atoms with Crippen LogP contribution in [0.4, 0.5) is 8.78 Å². The Kier molecular flexibility index (Phi) is 4.38. The summed E-state index contributed by atoms with van der Waals surface area (Å²) in [4.78, 5) is 12.5. The number of alkyl halides is 2. The molecule has 14 heavy (non-hydrogen) atoms. The van der Waals surface area contributed by atoms with Gasteiger partial charge < -0.3 is 10.6 Å². The average Bonchev–Trinajstić information content (AvgIpc) is 2.01. The van der Waals surface area contributed by atoms with Crippen molar-refractivity contribution in [2.24, 2.45) is 11.1 Å². The van der Waals surface area contributed by atoms with E-state index in [1.165, 1.54) is 20.9 Å². The summed E-state index contributed by atoms with van der Waals surface area (Å²) in [5.74, 6) is -0.495. The molecular weight excluding hydrogens is 210 g/mol. The van der Waals surface area contributed by atoms with Gasteiger partial charge in [0.1, 0.15) is 0 Å². The molecule has 1 amide bonds. The largest absolute Gasteiger partial charge is 0.392 e. The van der Waals surface area contributed by atoms with E-state index in [2.05, 4.69) is 12.2 Å². The normalized spacial score (nSPS) is 11.6. The highest BCUT2D eigenvalue weighted by Gasteiger charge is 2.34. The van der Waals surface area contributed by atoms with E-state index >= 15 is 0 Å². The van der Waals surface area contributed by atoms with Gasteiger partial charge in [-0.25, -0.2) is 8.78 Å². The van der Waals surface area contributed by atoms with Crippen molar-refractivity contribution < 1.29 is 13.6 Å². The van der Waals surface area contributed by atoms with Gasteiger partial charge >= 0.3 is 0 Å². The van der Waals surface area contributed by atoms with Gasteiger partial charge in [0.15, 0.2) is 0 Å². The van der Waals surface area contributed by atoms with Gasteiger partial charge in [-0.05, 0) is 13.8 Å². The number of nitrogens with two attached hydrogens (primary N) is 1. The number of hydrogen-bond acceptors (Lipinski definition) is 2. The lowest BCUT2D eigenvalue weighted by atomic mass is 9.92. The summed E-state index contributed by atoms with van der Waals surface area (Å²) in [6.07, 6.45) is -2.55. The van der Waals surface area contributed by atoms with Crippen molar-refractivity contribution in [3.05, 3.63) is 0 Å². The summed E-state index contributed by atoms with van der Waals surface area (Å²) in [5.41, 5.74) is 4.27. The van der Waals surface area contributed by atoms with Crippen LogP contribution in [-0.2, 0) is 4.79 Å². The Morgan fingerprint density at radius 2 is 2.00 bits per heavy atom. The first-order valence-corrected chi connectivity index (χ1v) is 4.44. The number of rotatable bonds is 4. The van der Waals surface area contributed by atoms with Crippen LogP contribution in [0.3, 0.4) is 0 Å². The van der Waals surface area contributed by atoms with Crippen LogP contribution >= 0.6 is 12.2 Å². The summed E-state index contributed by atoms with van der Waals surface area (Å²) in [6.45, 7) is 2.42. The number of carbonyl (C=O) groups is 1. The van der Waals surface area contributed by atoms with Crippen LogP contribution in [-0.4, -0.2) is 35.8 Å². The fourth-order valence-electron chi connectivity index (χ4n) is 0.872. The summed E-state index contributed by atoms with van der Waals surface area (Å²) in [7, 11) is 1.30. The Morgan fingerprint density at radius 3 is 2.29 bits per heavy atom. The van der Waals surface area contributed by atoms with Gasteiger partial charge in [-0.15, -0.1) is 0 Å². The van der Waals surface area contributed by atoms with Crippen LogP contribution in [0.5, 0.6) is 0 Å². The van der Waals surface area contributed by atoms with E-state index in [0.717, 1.165) is 4.90 Å². The zero-order valence-electron chi connectivity index (χ0n) is 8.38. The smallest absolute Gasteiger partial charge is 0.255 e. The molecule has 0 aromatic rings. The lowest BCUT2D eigenvalue weighted by Gasteiger charge is -2.28. The maximum Gasteiger partial charge on any atom is 0.255 e. The zero-order chi connectivity index (χ0) is 11.5. The lowest BCUT2D eigenvalue weighted by molar-refractivity contribution is -0.137. The third kappa shape index (κ3) is 3.17. The summed E-state index contributed by atoms with van der Waals surface area (Å²) < 4.78 is 24.0. The van der Waals surface area contributed by atoms with Crippen LogP contribution in [0.2, 0.25) is 0 Å². The maximum absolute atomic E-state index is 12.0. The van der Waals surface area contributed by atoms with Gasteiger partial charge in [-0.2, -0.15) is 0 Å². The molecule has 82 valence electrons. The Morgan fingerprint density at radius 1 is 1.57 bits per heavy atom. The zero-order valence-corrected chi connectivity index (χ0v) is 9.20. The second-order valence-electron chi connectivity index (χ2n) is 3.57. The van der Waals surface area contributed by atoms with Crippen LogP contribution in [0.25, 0.3) is 0 Å². The Balaban J connectivity index is 4.53. The molecule has 2 N–H and O–H groups in total. The molecule has 0 atom stereocenters. The maximum atomic E-state index is 12.0. The van der Waals surface area contributed by atoms with Crippen LogP contribution < -0.4 is 5.73 Å². The summed E-state index contributed by atoms with van der Waals surface area (Å²) in [5, 5.41) is 0. The van der Waals surface area contributed by atoms with Crippen LogP contribution in [0.15, 0.2) is 0 Å². The summed E-state index contributed by atoms with van der Waals surface area (Å²) in [6, 6.07) is 0. The highest BCUT2D eigenvalue weighted by Crippen LogP contribution is 2.19. The van der Waals surface area contributed by atoms with Gasteiger partial charge in [0, 0.05) is 7.05 Å². The predicted molar refractivity (Wildman–Crippen MR) is 54.2 cm³/mol. The van der Waals surface area contributed by atoms with Crippen molar-refractivity contribution in [2.75, 3.05) is 13.6 Å². The minimum absolute atomic E-state index is 0.00335. The number of halogens is 2. The molecule has 0 aliphatic rings. The van der Waals surface area contributed by atoms with Crippen molar-refractivity contribution in [3.8, 4) is 0 Å². The second-order valence-corrected chi connectivity index (χ2v) is 4.01. The first-order valence-electron chi connectivity index (χ1n) is 4.03. The quantitative estimate of drug-likeness (QED) is 0.725. The molecular formula is C8H14F2N2OS. The monoisotopic (exact) mass is 224 g/mol. The van der Waals surface area contributed by atoms with Crippen molar-refractivity contribution in [1.82, 2.24) is 4.90 Å². The van der Waals surface area contributed by atoms with E-state index in [0.29, 0.717) is 0 Å². The van der Waals surface area contributed by atoms with Gasteiger partial charge in [-0.1, -0.05) is 12.2 Å². The van der Waals surface area contributed by atoms with E-state index in [-0.39, 0.29) is 4.99 Å². The van der Waals surface area contributed by atoms with E-state index in [1.54, 1.807) is 0 Å². The molecule has 3 nitrogen and oxygen atoms in total. The molecule has 6 heteroatoms. The van der Waals surface area contributed by atoms with Gasteiger partial charge in [0.2, 0.25) is 5.91 Å². The Bertz CT molecular complexity index is 243. The van der Waals surface area contributed by atoms with Gasteiger partial charge in [-0.3, -0.25) is 4.79 Å². The molecule has 0 aliphatic carbocycles. The standard InChI is InChI=1S/C8H14F2N2OS/c1-8(2,6(11)14)7(13)12(3)4-5(9)10/h5H,4H2,1-3H3,(H2,11,14). The number of thiocarbonyl (C=S) groups is 1. The van der Waals surface area contributed by atoms with Crippen LogP contribution in [0.1, 0.15) is 13.8 Å². The van der Waals surface area contributed by atoms with Gasteiger partial charge in [0.05, 0.1) is 16.9 Å². The molecule has 0 rings (SSSR count). The number of carbonyl (C=O) groups excluding carboxylic acids is 1. The fraction of sp³-hybridized carbons (Fsp3) is 0.750. The van der Waals surface area contributed by atoms with E-state index in [9.17, 15) is 13.6 Å². The molecule has 0 aromatic carbocycles. The number of nitrogens with zero attached hydrogens (tertiary/aromatic N) is 1. The molecule has 0 aromatic heterocycles. The van der Waals surface area contributed by atoms with Crippen molar-refractivity contribution in [3.63, 3.8) is 0 Å². The SMILES string of the molecule is CN(CC(F)F)C(=O)C(C)(C)C(N)=S. The van der Waals surface area contributed by atoms with Gasteiger partial charge in [0.25, 0.3) is 6.43 Å². The third-order valence-electron chi connectivity index (χ3n) is 1.91. The Hall–Kier alpha value is -0.780. The van der Waals surface area contributed by atoms with Crippen molar-refractivity contribution in [1.29, 1.82) is 0 Å². The van der Waals surface area contributed by atoms with Crippen molar-refractivity contribution in [2.45, 2.75) is 20.3 Å². The average molecular weight is 224 g/mol. The fourth-order valence-corrected chi connectivity index (χ4v) is 0.960. The highest BCUT2D eigenvalue weighted by molar-refractivity contribution is 7.80. The minimum atomic E-state index is -2.55. The van der Waals surface area contributed by atoms with Crippen molar-refractivity contribution >= 4 is 23.1 Å². The molecule has 0 fully saturated rings. The first-order chi connectivity index (χ1) is 6.19. The first kappa shape index (κ1) is 13.2. The molecule has 0 aliphatic heterocycles. The van der Waals surface area contributed by atoms with E-state index < -0.39 is 24.3 Å².